The van der Waals surface area contributed by atoms with E-state index in [2.05, 4.69) is 24.9 Å². The number of hydrogen-bond acceptors (Lipinski definition) is 6. The Balaban J connectivity index is 1.66. The molecule has 4 N–H and O–H groups in total. The highest BCUT2D eigenvalue weighted by Crippen LogP contribution is 2.09. The van der Waals surface area contributed by atoms with E-state index in [1.165, 1.54) is 0 Å². The maximum atomic E-state index is 11.9. The summed E-state index contributed by atoms with van der Waals surface area (Å²) < 4.78 is 0. The van der Waals surface area contributed by atoms with Crippen molar-refractivity contribution in [3.8, 4) is 0 Å². The monoisotopic (exact) mass is 298 g/mol. The number of ketones is 1. The minimum Gasteiger partial charge on any atom is -0.369 e. The highest BCUT2D eigenvalue weighted by atomic mass is 16.1. The van der Waals surface area contributed by atoms with Gasteiger partial charge in [0.25, 0.3) is 5.56 Å². The number of rotatable bonds is 5. The maximum Gasteiger partial charge on any atom is 0.278 e. The molecule has 0 bridgehead atoms. The predicted octanol–water partition coefficient (Wildman–Crippen LogP) is 0.829. The van der Waals surface area contributed by atoms with Crippen LogP contribution >= 0.6 is 0 Å². The number of nitrogens with two attached hydrogens (primary N) is 1. The summed E-state index contributed by atoms with van der Waals surface area (Å²) >= 11 is 0. The SMILES string of the molecule is Nc1nc2nc(CCCC(=O)c3ccccn3)[nH]c2c(=O)[nH]1. The number of aryl methyl sites for hydroxylation is 1. The average Bonchev–Trinajstić information content (AvgIpc) is 2.91. The number of aromatic nitrogens is 5. The molecule has 0 aromatic carbocycles. The normalized spacial score (nSPS) is 10.9. The summed E-state index contributed by atoms with van der Waals surface area (Å²) in [7, 11) is 0. The molecular weight excluding hydrogens is 284 g/mol. The maximum absolute atomic E-state index is 11.9. The lowest BCUT2D eigenvalue weighted by Gasteiger charge is -1.98. The molecule has 8 nitrogen and oxygen atoms in total. The Kier molecular flexibility index (Phi) is 3.65. The fourth-order valence-electron chi connectivity index (χ4n) is 2.16. The Bertz CT molecular complexity index is 868. The van der Waals surface area contributed by atoms with Crippen molar-refractivity contribution in [2.45, 2.75) is 19.3 Å². The van der Waals surface area contributed by atoms with Crippen molar-refractivity contribution < 1.29 is 4.79 Å². The zero-order valence-electron chi connectivity index (χ0n) is 11.7. The number of nitrogens with zero attached hydrogens (tertiary/aromatic N) is 3. The van der Waals surface area contributed by atoms with E-state index >= 15 is 0 Å². The van der Waals surface area contributed by atoms with Crippen LogP contribution in [0.15, 0.2) is 29.2 Å². The topological polar surface area (TPSA) is 130 Å². The number of Topliss-reactive ketones (excluding diaryl/α,β-unsaturated/α-hetero) is 1. The van der Waals surface area contributed by atoms with Gasteiger partial charge in [0.05, 0.1) is 0 Å². The summed E-state index contributed by atoms with van der Waals surface area (Å²) in [5.41, 5.74) is 6.14. The van der Waals surface area contributed by atoms with Crippen molar-refractivity contribution in [1.82, 2.24) is 24.9 Å². The van der Waals surface area contributed by atoms with Gasteiger partial charge >= 0.3 is 0 Å². The minimum atomic E-state index is -0.356. The van der Waals surface area contributed by atoms with Crippen LogP contribution in [0, 0.1) is 0 Å². The largest absolute Gasteiger partial charge is 0.369 e. The summed E-state index contributed by atoms with van der Waals surface area (Å²) in [6.07, 6.45) is 3.09. The molecule has 0 atom stereocenters. The molecule has 3 rings (SSSR count). The van der Waals surface area contributed by atoms with Crippen molar-refractivity contribution in [3.63, 3.8) is 0 Å². The van der Waals surface area contributed by atoms with E-state index in [-0.39, 0.29) is 22.9 Å². The van der Waals surface area contributed by atoms with Crippen LogP contribution in [-0.4, -0.2) is 30.7 Å². The molecule has 0 aliphatic carbocycles. The van der Waals surface area contributed by atoms with Gasteiger partial charge in [0.2, 0.25) is 5.95 Å². The molecule has 0 radical (unpaired) electrons. The quantitative estimate of drug-likeness (QED) is 0.598. The van der Waals surface area contributed by atoms with Gasteiger partial charge in [-0.15, -0.1) is 0 Å². The van der Waals surface area contributed by atoms with E-state index in [1.807, 2.05) is 0 Å². The summed E-state index contributed by atoms with van der Waals surface area (Å²) in [5.74, 6) is 0.616. The van der Waals surface area contributed by atoms with Crippen molar-refractivity contribution in [2.75, 3.05) is 5.73 Å². The molecule has 8 heteroatoms. The van der Waals surface area contributed by atoms with Gasteiger partial charge in [0.1, 0.15) is 11.5 Å². The summed E-state index contributed by atoms with van der Waals surface area (Å²) in [6, 6.07) is 5.24. The Morgan fingerprint density at radius 1 is 1.23 bits per heavy atom. The Hall–Kier alpha value is -3.03. The molecule has 0 saturated heterocycles. The second-order valence-corrected chi connectivity index (χ2v) is 4.82. The van der Waals surface area contributed by atoms with E-state index in [4.69, 9.17) is 5.73 Å². The summed E-state index contributed by atoms with van der Waals surface area (Å²) in [5, 5.41) is 0. The van der Waals surface area contributed by atoms with Gasteiger partial charge in [0, 0.05) is 19.0 Å². The third-order valence-electron chi connectivity index (χ3n) is 3.20. The van der Waals surface area contributed by atoms with Crippen LogP contribution < -0.4 is 11.3 Å². The summed E-state index contributed by atoms with van der Waals surface area (Å²) in [4.78, 5) is 41.1. The zero-order chi connectivity index (χ0) is 15.5. The number of nitrogens with one attached hydrogen (secondary N) is 2. The predicted molar refractivity (Wildman–Crippen MR) is 80.4 cm³/mol. The lowest BCUT2D eigenvalue weighted by molar-refractivity contribution is 0.0975. The smallest absolute Gasteiger partial charge is 0.278 e. The molecule has 3 aromatic heterocycles. The molecule has 3 aromatic rings. The summed E-state index contributed by atoms with van der Waals surface area (Å²) in [6.45, 7) is 0. The van der Waals surface area contributed by atoms with Gasteiger partial charge in [-0.1, -0.05) is 6.07 Å². The lowest BCUT2D eigenvalue weighted by Crippen LogP contribution is -2.10. The second kappa shape index (κ2) is 5.76. The van der Waals surface area contributed by atoms with Crippen LogP contribution in [0.5, 0.6) is 0 Å². The number of imidazole rings is 1. The number of carbonyl (C=O) groups excluding carboxylic acids is 1. The Labute approximate surface area is 124 Å². The molecule has 0 aliphatic rings. The minimum absolute atomic E-state index is 0.0167. The van der Waals surface area contributed by atoms with E-state index in [0.29, 0.717) is 36.3 Å². The van der Waals surface area contributed by atoms with Crippen molar-refractivity contribution in [1.29, 1.82) is 0 Å². The Morgan fingerprint density at radius 2 is 2.09 bits per heavy atom. The van der Waals surface area contributed by atoms with Crippen LogP contribution in [0.4, 0.5) is 5.95 Å². The third-order valence-corrected chi connectivity index (χ3v) is 3.20. The highest BCUT2D eigenvalue weighted by Gasteiger charge is 2.10. The number of H-pyrrole nitrogens is 2. The number of carbonyl (C=O) groups is 1. The number of pyridine rings is 1. The van der Waals surface area contributed by atoms with E-state index in [1.54, 1.807) is 24.4 Å². The molecule has 0 unspecified atom stereocenters. The van der Waals surface area contributed by atoms with Crippen LogP contribution in [0.25, 0.3) is 11.2 Å². The zero-order valence-corrected chi connectivity index (χ0v) is 11.7. The number of fused-ring (bicyclic) bond motifs is 1. The molecule has 0 spiro atoms. The molecule has 22 heavy (non-hydrogen) atoms. The number of hydrogen-bond donors (Lipinski definition) is 3. The molecule has 3 heterocycles. The first kappa shape index (κ1) is 13.9. The first-order chi connectivity index (χ1) is 10.6. The fourth-order valence-corrected chi connectivity index (χ4v) is 2.16. The Morgan fingerprint density at radius 3 is 2.86 bits per heavy atom. The number of anilines is 1. The van der Waals surface area contributed by atoms with Crippen LogP contribution in [0.1, 0.15) is 29.2 Å². The standard InChI is InChI=1S/C14H14N6O2/c15-14-19-12-11(13(22)20-14)17-10(18-12)6-3-5-9(21)8-4-1-2-7-16-8/h1-2,4,7H,3,5-6H2,(H4,15,17,18,19,20,22). The fraction of sp³-hybridized carbons (Fsp3) is 0.214. The molecule has 0 fully saturated rings. The average molecular weight is 298 g/mol. The van der Waals surface area contributed by atoms with Crippen molar-refractivity contribution in [2.24, 2.45) is 0 Å². The van der Waals surface area contributed by atoms with Crippen LogP contribution in [0.2, 0.25) is 0 Å². The van der Waals surface area contributed by atoms with E-state index in [9.17, 15) is 9.59 Å². The lowest BCUT2D eigenvalue weighted by atomic mass is 10.1. The van der Waals surface area contributed by atoms with Crippen LogP contribution in [0.3, 0.4) is 0 Å². The third kappa shape index (κ3) is 2.85. The molecule has 0 aliphatic heterocycles. The van der Waals surface area contributed by atoms with Gasteiger partial charge in [-0.3, -0.25) is 19.6 Å². The van der Waals surface area contributed by atoms with Gasteiger partial charge in [0.15, 0.2) is 16.9 Å². The molecular formula is C14H14N6O2. The second-order valence-electron chi connectivity index (χ2n) is 4.82. The number of nitrogen functional groups attached to an aromatic ring is 1. The molecule has 0 saturated carbocycles. The van der Waals surface area contributed by atoms with Gasteiger partial charge in [-0.2, -0.15) is 4.98 Å². The van der Waals surface area contributed by atoms with E-state index < -0.39 is 0 Å². The van der Waals surface area contributed by atoms with Crippen molar-refractivity contribution >= 4 is 22.9 Å². The van der Waals surface area contributed by atoms with E-state index in [0.717, 1.165) is 0 Å². The highest BCUT2D eigenvalue weighted by molar-refractivity contribution is 5.94. The van der Waals surface area contributed by atoms with Crippen LogP contribution in [-0.2, 0) is 6.42 Å². The van der Waals surface area contributed by atoms with Gasteiger partial charge in [-0.05, 0) is 18.6 Å². The van der Waals surface area contributed by atoms with Gasteiger partial charge < -0.3 is 10.7 Å². The van der Waals surface area contributed by atoms with Gasteiger partial charge in [-0.25, -0.2) is 4.98 Å². The molecule has 0 amide bonds. The first-order valence-corrected chi connectivity index (χ1v) is 6.82. The number of aromatic amines is 2. The first-order valence-electron chi connectivity index (χ1n) is 6.82. The molecule has 112 valence electrons. The van der Waals surface area contributed by atoms with Crippen molar-refractivity contribution in [3.05, 3.63) is 46.3 Å².